The van der Waals surface area contributed by atoms with Gasteiger partial charge in [-0.1, -0.05) is 6.07 Å². The summed E-state index contributed by atoms with van der Waals surface area (Å²) in [6.07, 6.45) is 5.35. The minimum Gasteiger partial charge on any atom is -0.478 e. The molecule has 1 unspecified atom stereocenters. The van der Waals surface area contributed by atoms with Crippen molar-refractivity contribution in [3.63, 3.8) is 0 Å². The smallest absolute Gasteiger partial charge is 0.328 e. The van der Waals surface area contributed by atoms with Crippen LogP contribution in [-0.4, -0.2) is 68.9 Å². The molecular weight excluding hydrogens is 410 g/mol. The Morgan fingerprint density at radius 3 is 2.50 bits per heavy atom. The Labute approximate surface area is 184 Å². The van der Waals surface area contributed by atoms with Crippen molar-refractivity contribution in [1.29, 1.82) is 0 Å². The summed E-state index contributed by atoms with van der Waals surface area (Å²) in [5.74, 6) is -0.897. The number of carbonyl (C=O) groups is 2. The van der Waals surface area contributed by atoms with Gasteiger partial charge in [-0.15, -0.1) is 10.2 Å². The predicted molar refractivity (Wildman–Crippen MR) is 120 cm³/mol. The number of nitrogens with zero attached hydrogens (tertiary/aromatic N) is 4. The van der Waals surface area contributed by atoms with Crippen LogP contribution in [0.1, 0.15) is 0 Å². The fourth-order valence-corrected chi connectivity index (χ4v) is 3.98. The number of carboxylic acids is 2. The normalized spacial score (nSPS) is 17.3. The van der Waals surface area contributed by atoms with Crippen LogP contribution in [0.4, 0.5) is 5.82 Å². The summed E-state index contributed by atoms with van der Waals surface area (Å²) in [6.45, 7) is 3.13. The largest absolute Gasteiger partial charge is 0.478 e. The van der Waals surface area contributed by atoms with Crippen LogP contribution in [0.2, 0.25) is 0 Å². The first-order valence-electron chi connectivity index (χ1n) is 10.1. The lowest BCUT2D eigenvalue weighted by Crippen LogP contribution is -2.25. The molecule has 9 heteroatoms. The molecule has 32 heavy (non-hydrogen) atoms. The SMILES string of the molecule is CN1C=C2CN(c3ccc(-c4ccc5[nH]ccc5c4)nn3)CC2C1.O=C(O)C=CC(=O)O. The monoisotopic (exact) mass is 433 g/mol. The Bertz CT molecular complexity index is 1180. The van der Waals surface area contributed by atoms with E-state index in [0.717, 1.165) is 42.2 Å². The second-order valence-corrected chi connectivity index (χ2v) is 7.79. The van der Waals surface area contributed by atoms with Gasteiger partial charge in [0.2, 0.25) is 0 Å². The number of aliphatic carboxylic acids is 2. The number of benzene rings is 1. The van der Waals surface area contributed by atoms with Crippen LogP contribution >= 0.6 is 0 Å². The Kier molecular flexibility index (Phi) is 5.89. The summed E-state index contributed by atoms with van der Waals surface area (Å²) >= 11 is 0. The number of anilines is 1. The van der Waals surface area contributed by atoms with E-state index in [2.05, 4.69) is 74.6 Å². The van der Waals surface area contributed by atoms with Crippen LogP contribution in [0.5, 0.6) is 0 Å². The average molecular weight is 433 g/mol. The van der Waals surface area contributed by atoms with Crippen molar-refractivity contribution >= 4 is 28.7 Å². The first-order valence-corrected chi connectivity index (χ1v) is 10.1. The Morgan fingerprint density at radius 1 is 1.06 bits per heavy atom. The van der Waals surface area contributed by atoms with Crippen molar-refractivity contribution in [3.05, 3.63) is 66.5 Å². The highest BCUT2D eigenvalue weighted by atomic mass is 16.4. The molecule has 0 amide bonds. The summed E-state index contributed by atoms with van der Waals surface area (Å²) in [7, 11) is 2.14. The summed E-state index contributed by atoms with van der Waals surface area (Å²) in [5, 5.41) is 25.8. The molecule has 1 atom stereocenters. The fourth-order valence-electron chi connectivity index (χ4n) is 3.98. The third kappa shape index (κ3) is 4.77. The lowest BCUT2D eigenvalue weighted by molar-refractivity contribution is -0.134. The molecule has 1 fully saturated rings. The number of H-pyrrole nitrogens is 1. The molecule has 2 aliphatic rings. The first kappa shape index (κ1) is 21.1. The molecule has 1 saturated heterocycles. The van der Waals surface area contributed by atoms with Gasteiger partial charge in [0.05, 0.1) is 5.69 Å². The second kappa shape index (κ2) is 8.93. The molecular formula is C23H23N5O4. The van der Waals surface area contributed by atoms with Crippen molar-refractivity contribution in [3.8, 4) is 11.3 Å². The maximum Gasteiger partial charge on any atom is 0.328 e. The molecule has 0 radical (unpaired) electrons. The molecule has 0 saturated carbocycles. The van der Waals surface area contributed by atoms with E-state index in [1.165, 1.54) is 11.0 Å². The second-order valence-electron chi connectivity index (χ2n) is 7.79. The zero-order valence-electron chi connectivity index (χ0n) is 17.5. The molecule has 2 aliphatic heterocycles. The van der Waals surface area contributed by atoms with E-state index in [4.69, 9.17) is 10.2 Å². The Balaban J connectivity index is 0.000000265. The van der Waals surface area contributed by atoms with E-state index in [1.807, 2.05) is 6.20 Å². The molecule has 0 spiro atoms. The summed E-state index contributed by atoms with van der Waals surface area (Å²) in [6, 6.07) is 12.6. The molecule has 4 heterocycles. The lowest BCUT2D eigenvalue weighted by atomic mass is 10.1. The number of aromatic amines is 1. The van der Waals surface area contributed by atoms with E-state index in [1.54, 1.807) is 0 Å². The zero-order chi connectivity index (χ0) is 22.7. The van der Waals surface area contributed by atoms with Crippen molar-refractivity contribution < 1.29 is 19.8 Å². The zero-order valence-corrected chi connectivity index (χ0v) is 17.5. The highest BCUT2D eigenvalue weighted by Gasteiger charge is 2.32. The van der Waals surface area contributed by atoms with Gasteiger partial charge in [0.15, 0.2) is 5.82 Å². The molecule has 2 aromatic heterocycles. The van der Waals surface area contributed by atoms with E-state index >= 15 is 0 Å². The number of carboxylic acid groups (broad SMARTS) is 2. The van der Waals surface area contributed by atoms with Gasteiger partial charge in [-0.3, -0.25) is 0 Å². The minimum absolute atomic E-state index is 0.558. The summed E-state index contributed by atoms with van der Waals surface area (Å²) in [4.78, 5) is 26.9. The van der Waals surface area contributed by atoms with Gasteiger partial charge in [-0.2, -0.15) is 0 Å². The van der Waals surface area contributed by atoms with Gasteiger partial charge in [0.25, 0.3) is 0 Å². The van der Waals surface area contributed by atoms with E-state index in [0.29, 0.717) is 18.1 Å². The quantitative estimate of drug-likeness (QED) is 0.537. The molecule has 3 N–H and O–H groups in total. The lowest BCUT2D eigenvalue weighted by Gasteiger charge is -2.18. The van der Waals surface area contributed by atoms with Gasteiger partial charge in [-0.05, 0) is 35.9 Å². The van der Waals surface area contributed by atoms with Gasteiger partial charge >= 0.3 is 11.9 Å². The van der Waals surface area contributed by atoms with Crippen LogP contribution in [-0.2, 0) is 9.59 Å². The van der Waals surface area contributed by atoms with Gasteiger partial charge in [-0.25, -0.2) is 9.59 Å². The molecule has 0 aliphatic carbocycles. The van der Waals surface area contributed by atoms with Crippen molar-refractivity contribution in [2.24, 2.45) is 5.92 Å². The molecule has 1 aromatic carbocycles. The van der Waals surface area contributed by atoms with Crippen molar-refractivity contribution in [2.45, 2.75) is 0 Å². The van der Waals surface area contributed by atoms with E-state index in [-0.39, 0.29) is 0 Å². The Hall–Kier alpha value is -4.14. The van der Waals surface area contributed by atoms with Crippen molar-refractivity contribution in [2.75, 3.05) is 31.6 Å². The number of rotatable bonds is 4. The van der Waals surface area contributed by atoms with Gasteiger partial charge in [0, 0.05) is 73.6 Å². The topological polar surface area (TPSA) is 123 Å². The van der Waals surface area contributed by atoms with Crippen LogP contribution in [0.3, 0.4) is 0 Å². The van der Waals surface area contributed by atoms with Crippen LogP contribution < -0.4 is 4.90 Å². The summed E-state index contributed by atoms with van der Waals surface area (Å²) in [5.41, 5.74) is 4.68. The highest BCUT2D eigenvalue weighted by molar-refractivity contribution is 5.89. The maximum absolute atomic E-state index is 9.55. The summed E-state index contributed by atoms with van der Waals surface area (Å²) < 4.78 is 0. The van der Waals surface area contributed by atoms with Crippen LogP contribution in [0, 0.1) is 5.92 Å². The number of hydrogen-bond acceptors (Lipinski definition) is 6. The number of fused-ring (bicyclic) bond motifs is 2. The average Bonchev–Trinajstić information content (AvgIpc) is 3.47. The van der Waals surface area contributed by atoms with Gasteiger partial charge < -0.3 is 25.0 Å². The molecule has 0 bridgehead atoms. The number of hydrogen-bond donors (Lipinski definition) is 3. The van der Waals surface area contributed by atoms with E-state index < -0.39 is 11.9 Å². The molecule has 3 aromatic rings. The van der Waals surface area contributed by atoms with Crippen LogP contribution in [0.15, 0.2) is 66.5 Å². The predicted octanol–water partition coefficient (Wildman–Crippen LogP) is 2.60. The molecule has 9 nitrogen and oxygen atoms in total. The third-order valence-electron chi connectivity index (χ3n) is 5.43. The fraction of sp³-hybridized carbons (Fsp3) is 0.217. The maximum atomic E-state index is 9.55. The molecule has 5 rings (SSSR count). The third-order valence-corrected chi connectivity index (χ3v) is 5.43. The van der Waals surface area contributed by atoms with Crippen molar-refractivity contribution in [1.82, 2.24) is 20.1 Å². The van der Waals surface area contributed by atoms with Gasteiger partial charge in [0.1, 0.15) is 0 Å². The number of aromatic nitrogens is 3. The van der Waals surface area contributed by atoms with Crippen LogP contribution in [0.25, 0.3) is 22.2 Å². The van der Waals surface area contributed by atoms with E-state index in [9.17, 15) is 9.59 Å². The number of nitrogens with one attached hydrogen (secondary N) is 1. The highest BCUT2D eigenvalue weighted by Crippen LogP contribution is 2.31. The first-order chi connectivity index (χ1) is 15.4. The standard InChI is InChI=1S/C19H19N5.C4H4O4/c1-23-9-15-11-24(12-16(15)10-23)19-5-4-18(21-22-19)13-2-3-17-14(8-13)6-7-20-17;5-3(6)1-2-4(7)8/h2-9,16,20H,10-12H2,1H3;1-2H,(H,5,6)(H,7,8). The Morgan fingerprint density at radius 2 is 1.84 bits per heavy atom. The molecule has 164 valence electrons. The minimum atomic E-state index is -1.26.